The van der Waals surface area contributed by atoms with Crippen molar-refractivity contribution < 1.29 is 9.53 Å². The number of rotatable bonds is 3. The number of aldehydes is 1. The molecule has 0 aliphatic rings. The zero-order valence-electron chi connectivity index (χ0n) is 9.33. The molecule has 0 heterocycles. The Morgan fingerprint density at radius 3 is 2.43 bits per heavy atom. The average molecular weight is 194 g/mol. The van der Waals surface area contributed by atoms with Gasteiger partial charge in [0.2, 0.25) is 0 Å². The molecule has 0 aromatic heterocycles. The van der Waals surface area contributed by atoms with E-state index in [-0.39, 0.29) is 0 Å². The predicted octanol–water partition coefficient (Wildman–Crippen LogP) is 3.10. The smallest absolute Gasteiger partial charge is 0.150 e. The molecule has 0 radical (unpaired) electrons. The van der Waals surface area contributed by atoms with Crippen LogP contribution in [0.15, 0.2) is 18.2 Å². The van der Waals surface area contributed by atoms with Crippen molar-refractivity contribution in [1.29, 1.82) is 0 Å². The fraction of sp³-hybridized carbons (Fsp3) is 0.417. The number of benzene rings is 1. The summed E-state index contributed by atoms with van der Waals surface area (Å²) >= 11 is 0. The largest absolute Gasteiger partial charge is 0.496 e. The number of aryl methyl sites for hydroxylation is 1. The van der Waals surface area contributed by atoms with Gasteiger partial charge >= 0.3 is 0 Å². The van der Waals surface area contributed by atoms with E-state index in [0.29, 0.717) is 5.56 Å². The van der Waals surface area contributed by atoms with Crippen molar-refractivity contribution in [3.8, 4) is 5.75 Å². The summed E-state index contributed by atoms with van der Waals surface area (Å²) in [4.78, 5) is 10.4. The Labute approximate surface area is 85.9 Å². The van der Waals surface area contributed by atoms with E-state index in [9.17, 15) is 4.79 Å². The molecule has 0 N–H and O–H groups in total. The Hall–Kier alpha value is -1.31. The Balaban J connectivity index is 0.000000791. The third-order valence-electron chi connectivity index (χ3n) is 1.83. The SMILES string of the molecule is CC.CCc1ccc(C=O)cc1OC. The summed E-state index contributed by atoms with van der Waals surface area (Å²) in [7, 11) is 1.61. The molecule has 2 heteroatoms. The summed E-state index contributed by atoms with van der Waals surface area (Å²) in [6, 6.07) is 5.47. The number of ether oxygens (including phenoxy) is 1. The zero-order chi connectivity index (χ0) is 11.0. The lowest BCUT2D eigenvalue weighted by atomic mass is 10.1. The minimum absolute atomic E-state index is 0.657. The van der Waals surface area contributed by atoms with E-state index in [0.717, 1.165) is 24.0 Å². The fourth-order valence-electron chi connectivity index (χ4n) is 1.13. The second-order valence-electron chi connectivity index (χ2n) is 2.54. The van der Waals surface area contributed by atoms with Crippen LogP contribution in [0.4, 0.5) is 0 Å². The van der Waals surface area contributed by atoms with Gasteiger partial charge in [0.15, 0.2) is 0 Å². The molecule has 0 saturated carbocycles. The van der Waals surface area contributed by atoms with Gasteiger partial charge in [0, 0.05) is 5.56 Å². The van der Waals surface area contributed by atoms with Gasteiger partial charge in [0.25, 0.3) is 0 Å². The highest BCUT2D eigenvalue weighted by atomic mass is 16.5. The molecule has 1 aromatic carbocycles. The molecule has 0 unspecified atom stereocenters. The minimum Gasteiger partial charge on any atom is -0.496 e. The van der Waals surface area contributed by atoms with Crippen LogP contribution in [0.2, 0.25) is 0 Å². The van der Waals surface area contributed by atoms with Crippen LogP contribution in [-0.4, -0.2) is 13.4 Å². The predicted molar refractivity (Wildman–Crippen MR) is 59.1 cm³/mol. The molecule has 0 saturated heterocycles. The molecular formula is C12H18O2. The topological polar surface area (TPSA) is 26.3 Å². The molecule has 0 fully saturated rings. The Morgan fingerprint density at radius 1 is 1.36 bits per heavy atom. The van der Waals surface area contributed by atoms with Crippen LogP contribution in [0.5, 0.6) is 5.75 Å². The van der Waals surface area contributed by atoms with Gasteiger partial charge < -0.3 is 4.74 Å². The Kier molecular flexibility index (Phi) is 6.46. The third kappa shape index (κ3) is 3.21. The molecule has 0 aliphatic heterocycles. The van der Waals surface area contributed by atoms with Gasteiger partial charge in [-0.3, -0.25) is 4.79 Å². The standard InChI is InChI=1S/C10H12O2.C2H6/c1-3-9-5-4-8(7-11)6-10(9)12-2;1-2/h4-7H,3H2,1-2H3;1-2H3. The monoisotopic (exact) mass is 194 g/mol. The van der Waals surface area contributed by atoms with Gasteiger partial charge in [0.1, 0.15) is 12.0 Å². The number of methoxy groups -OCH3 is 1. The van der Waals surface area contributed by atoms with Gasteiger partial charge in [-0.15, -0.1) is 0 Å². The maximum absolute atomic E-state index is 10.4. The van der Waals surface area contributed by atoms with E-state index < -0.39 is 0 Å². The second-order valence-corrected chi connectivity index (χ2v) is 2.54. The summed E-state index contributed by atoms with van der Waals surface area (Å²) in [6.07, 6.45) is 1.74. The lowest BCUT2D eigenvalue weighted by molar-refractivity contribution is 0.112. The van der Waals surface area contributed by atoms with Gasteiger partial charge in [-0.25, -0.2) is 0 Å². The summed E-state index contributed by atoms with van der Waals surface area (Å²) < 4.78 is 5.12. The molecule has 0 amide bonds. The third-order valence-corrected chi connectivity index (χ3v) is 1.83. The van der Waals surface area contributed by atoms with E-state index in [1.165, 1.54) is 0 Å². The quantitative estimate of drug-likeness (QED) is 0.691. The van der Waals surface area contributed by atoms with Crippen molar-refractivity contribution in [2.75, 3.05) is 7.11 Å². The number of carbonyl (C=O) groups excluding carboxylic acids is 1. The molecule has 0 bridgehead atoms. The first-order valence-electron chi connectivity index (χ1n) is 4.94. The zero-order valence-corrected chi connectivity index (χ0v) is 9.33. The van der Waals surface area contributed by atoms with Crippen molar-refractivity contribution in [3.05, 3.63) is 29.3 Å². The molecule has 78 valence electrons. The molecule has 14 heavy (non-hydrogen) atoms. The normalized spacial score (nSPS) is 8.57. The van der Waals surface area contributed by atoms with E-state index in [1.807, 2.05) is 19.9 Å². The molecule has 2 nitrogen and oxygen atoms in total. The van der Waals surface area contributed by atoms with Gasteiger partial charge in [-0.05, 0) is 18.1 Å². The molecule has 0 atom stereocenters. The lowest BCUT2D eigenvalue weighted by Crippen LogP contribution is -1.91. The fourth-order valence-corrected chi connectivity index (χ4v) is 1.13. The van der Waals surface area contributed by atoms with E-state index in [2.05, 4.69) is 6.92 Å². The molecule has 1 aromatic rings. The van der Waals surface area contributed by atoms with Crippen molar-refractivity contribution in [1.82, 2.24) is 0 Å². The lowest BCUT2D eigenvalue weighted by Gasteiger charge is -2.05. The second kappa shape index (κ2) is 7.13. The van der Waals surface area contributed by atoms with Crippen molar-refractivity contribution >= 4 is 6.29 Å². The van der Waals surface area contributed by atoms with E-state index in [1.54, 1.807) is 19.2 Å². The Morgan fingerprint density at radius 2 is 2.00 bits per heavy atom. The van der Waals surface area contributed by atoms with Crippen LogP contribution < -0.4 is 4.74 Å². The van der Waals surface area contributed by atoms with Gasteiger partial charge in [-0.1, -0.05) is 32.9 Å². The number of carbonyl (C=O) groups is 1. The van der Waals surface area contributed by atoms with Crippen LogP contribution in [0.25, 0.3) is 0 Å². The highest BCUT2D eigenvalue weighted by molar-refractivity contribution is 5.75. The first-order valence-corrected chi connectivity index (χ1v) is 4.94. The number of hydrogen-bond acceptors (Lipinski definition) is 2. The van der Waals surface area contributed by atoms with Crippen molar-refractivity contribution in [2.45, 2.75) is 27.2 Å². The maximum Gasteiger partial charge on any atom is 0.150 e. The van der Waals surface area contributed by atoms with Crippen LogP contribution in [-0.2, 0) is 6.42 Å². The van der Waals surface area contributed by atoms with Gasteiger partial charge in [0.05, 0.1) is 7.11 Å². The summed E-state index contributed by atoms with van der Waals surface area (Å²) in [5, 5.41) is 0. The maximum atomic E-state index is 10.4. The van der Waals surface area contributed by atoms with E-state index >= 15 is 0 Å². The van der Waals surface area contributed by atoms with E-state index in [4.69, 9.17) is 4.74 Å². The minimum atomic E-state index is 0.657. The Bertz CT molecular complexity index is 280. The van der Waals surface area contributed by atoms with Gasteiger partial charge in [-0.2, -0.15) is 0 Å². The van der Waals surface area contributed by atoms with Crippen molar-refractivity contribution in [3.63, 3.8) is 0 Å². The molecular weight excluding hydrogens is 176 g/mol. The van der Waals surface area contributed by atoms with Crippen LogP contribution in [0.3, 0.4) is 0 Å². The summed E-state index contributed by atoms with van der Waals surface area (Å²) in [5.74, 6) is 0.794. The first-order chi connectivity index (χ1) is 6.81. The van der Waals surface area contributed by atoms with Crippen LogP contribution >= 0.6 is 0 Å². The van der Waals surface area contributed by atoms with Crippen molar-refractivity contribution in [2.24, 2.45) is 0 Å². The number of hydrogen-bond donors (Lipinski definition) is 0. The molecule has 0 aliphatic carbocycles. The summed E-state index contributed by atoms with van der Waals surface area (Å²) in [5.41, 5.74) is 1.78. The highest BCUT2D eigenvalue weighted by Crippen LogP contribution is 2.19. The molecule has 0 spiro atoms. The van der Waals surface area contributed by atoms with Crippen LogP contribution in [0, 0.1) is 0 Å². The summed E-state index contributed by atoms with van der Waals surface area (Å²) in [6.45, 7) is 6.05. The first kappa shape index (κ1) is 12.7. The molecule has 1 rings (SSSR count). The van der Waals surface area contributed by atoms with Crippen LogP contribution in [0.1, 0.15) is 36.7 Å². The highest BCUT2D eigenvalue weighted by Gasteiger charge is 2.00. The average Bonchev–Trinajstić information content (AvgIpc) is 2.30.